The van der Waals surface area contributed by atoms with Crippen LogP contribution in [0.4, 0.5) is 0 Å². The summed E-state index contributed by atoms with van der Waals surface area (Å²) in [7, 11) is 0. The van der Waals surface area contributed by atoms with Gasteiger partial charge in [0.05, 0.1) is 0 Å². The number of hydrogen-bond donors (Lipinski definition) is 1. The number of carbonyl (C=O) groups excluding carboxylic acids is 1. The number of nitrogens with one attached hydrogen (secondary N) is 1. The van der Waals surface area contributed by atoms with E-state index < -0.39 is 0 Å². The Kier molecular flexibility index (Phi) is 4.74. The number of hydrogen-bond acceptors (Lipinski definition) is 3. The van der Waals surface area contributed by atoms with Crippen molar-refractivity contribution in [2.45, 2.75) is 44.4 Å². The maximum absolute atomic E-state index is 12.3. The summed E-state index contributed by atoms with van der Waals surface area (Å²) in [4.78, 5) is 14.4. The van der Waals surface area contributed by atoms with E-state index in [-0.39, 0.29) is 0 Å². The molecule has 1 N–H and O–H groups in total. The molecule has 0 spiro atoms. The topological polar surface area (TPSA) is 32.3 Å². The summed E-state index contributed by atoms with van der Waals surface area (Å²) >= 11 is 1.99. The average Bonchev–Trinajstić information content (AvgIpc) is 2.34. The zero-order valence-corrected chi connectivity index (χ0v) is 11.8. The predicted octanol–water partition coefficient (Wildman–Crippen LogP) is 1.73. The van der Waals surface area contributed by atoms with Gasteiger partial charge in [-0.05, 0) is 38.8 Å². The Morgan fingerprint density at radius 2 is 2.29 bits per heavy atom. The van der Waals surface area contributed by atoms with Gasteiger partial charge in [0.25, 0.3) is 0 Å². The van der Waals surface area contributed by atoms with Gasteiger partial charge in [-0.25, -0.2) is 0 Å². The number of thioether (sulfide) groups is 1. The second kappa shape index (κ2) is 6.10. The maximum atomic E-state index is 12.3. The van der Waals surface area contributed by atoms with E-state index >= 15 is 0 Å². The zero-order chi connectivity index (χ0) is 12.3. The first-order chi connectivity index (χ1) is 8.18. The number of amides is 1. The highest BCUT2D eigenvalue weighted by molar-refractivity contribution is 8.00. The van der Waals surface area contributed by atoms with E-state index in [1.54, 1.807) is 0 Å². The summed E-state index contributed by atoms with van der Waals surface area (Å²) in [5.74, 6) is 2.03. The van der Waals surface area contributed by atoms with Gasteiger partial charge in [-0.1, -0.05) is 6.92 Å². The molecular formula is C13H24N2OS. The van der Waals surface area contributed by atoms with Gasteiger partial charge in [0.2, 0.25) is 5.91 Å². The highest BCUT2D eigenvalue weighted by Gasteiger charge is 2.30. The normalized spacial score (nSPS) is 34.7. The first kappa shape index (κ1) is 13.2. The molecule has 0 saturated carbocycles. The van der Waals surface area contributed by atoms with Gasteiger partial charge in [-0.3, -0.25) is 4.79 Å². The van der Waals surface area contributed by atoms with Crippen molar-refractivity contribution in [3.8, 4) is 0 Å². The highest BCUT2D eigenvalue weighted by Crippen LogP contribution is 2.26. The summed E-state index contributed by atoms with van der Waals surface area (Å²) in [6, 6.07) is 0.401. The van der Waals surface area contributed by atoms with Gasteiger partial charge >= 0.3 is 0 Å². The summed E-state index contributed by atoms with van der Waals surface area (Å²) < 4.78 is 0. The third kappa shape index (κ3) is 3.38. The Balaban J connectivity index is 1.85. The standard InChI is InChI=1S/C13H24N2OS/c1-10-11(2)17-7-6-15(10)13(16)8-12-4-3-5-14-9-12/h10-12,14H,3-9H2,1-2H3. The minimum absolute atomic E-state index is 0.373. The lowest BCUT2D eigenvalue weighted by atomic mass is 9.95. The summed E-state index contributed by atoms with van der Waals surface area (Å²) in [6.07, 6.45) is 3.18. The fraction of sp³-hybridized carbons (Fsp3) is 0.923. The van der Waals surface area contributed by atoms with Gasteiger partial charge < -0.3 is 10.2 Å². The molecule has 2 saturated heterocycles. The molecule has 17 heavy (non-hydrogen) atoms. The van der Waals surface area contributed by atoms with Crippen LogP contribution >= 0.6 is 11.8 Å². The second-order valence-corrected chi connectivity index (χ2v) is 6.81. The molecule has 3 atom stereocenters. The smallest absolute Gasteiger partial charge is 0.223 e. The molecule has 2 aliphatic rings. The van der Waals surface area contributed by atoms with Crippen LogP contribution in [0.2, 0.25) is 0 Å². The van der Waals surface area contributed by atoms with Crippen molar-refractivity contribution < 1.29 is 4.79 Å². The van der Waals surface area contributed by atoms with E-state index in [0.717, 1.165) is 31.8 Å². The van der Waals surface area contributed by atoms with Crippen molar-refractivity contribution in [1.29, 1.82) is 0 Å². The lowest BCUT2D eigenvalue weighted by Crippen LogP contribution is -2.49. The molecule has 0 bridgehead atoms. The van der Waals surface area contributed by atoms with Crippen molar-refractivity contribution in [1.82, 2.24) is 10.2 Å². The minimum atomic E-state index is 0.373. The van der Waals surface area contributed by atoms with E-state index in [9.17, 15) is 4.79 Å². The third-order valence-electron chi connectivity index (χ3n) is 4.07. The number of nitrogens with zero attached hydrogens (tertiary/aromatic N) is 1. The van der Waals surface area contributed by atoms with Crippen LogP contribution in [0.1, 0.15) is 33.1 Å². The lowest BCUT2D eigenvalue weighted by molar-refractivity contribution is -0.134. The van der Waals surface area contributed by atoms with Gasteiger partial charge in [0.1, 0.15) is 0 Å². The molecular weight excluding hydrogens is 232 g/mol. The minimum Gasteiger partial charge on any atom is -0.338 e. The van der Waals surface area contributed by atoms with Crippen molar-refractivity contribution in [3.05, 3.63) is 0 Å². The third-order valence-corrected chi connectivity index (χ3v) is 5.40. The molecule has 2 fully saturated rings. The van der Waals surface area contributed by atoms with Gasteiger partial charge in [0.15, 0.2) is 0 Å². The number of piperidine rings is 1. The van der Waals surface area contributed by atoms with Crippen LogP contribution in [-0.2, 0) is 4.79 Å². The van der Waals surface area contributed by atoms with Crippen molar-refractivity contribution in [2.75, 3.05) is 25.4 Å². The quantitative estimate of drug-likeness (QED) is 0.816. The Labute approximate surface area is 109 Å². The lowest BCUT2D eigenvalue weighted by Gasteiger charge is -2.38. The van der Waals surface area contributed by atoms with E-state index in [1.807, 2.05) is 11.8 Å². The SMILES string of the molecule is CC1SCCN(C(=O)CC2CCCNC2)C1C. The van der Waals surface area contributed by atoms with Crippen LogP contribution in [0, 0.1) is 5.92 Å². The van der Waals surface area contributed by atoms with Crippen LogP contribution in [0.15, 0.2) is 0 Å². The van der Waals surface area contributed by atoms with Gasteiger partial charge in [-0.2, -0.15) is 11.8 Å². The Morgan fingerprint density at radius 3 is 3.00 bits per heavy atom. The molecule has 4 heteroatoms. The monoisotopic (exact) mass is 256 g/mol. The average molecular weight is 256 g/mol. The largest absolute Gasteiger partial charge is 0.338 e. The molecule has 0 aliphatic carbocycles. The van der Waals surface area contributed by atoms with Crippen molar-refractivity contribution >= 4 is 17.7 Å². The maximum Gasteiger partial charge on any atom is 0.223 e. The molecule has 0 aromatic carbocycles. The molecule has 2 heterocycles. The van der Waals surface area contributed by atoms with Crippen LogP contribution in [0.3, 0.4) is 0 Å². The highest BCUT2D eigenvalue weighted by atomic mass is 32.2. The zero-order valence-electron chi connectivity index (χ0n) is 10.9. The Bertz CT molecular complexity index is 266. The molecule has 0 radical (unpaired) electrons. The van der Waals surface area contributed by atoms with Crippen molar-refractivity contribution in [3.63, 3.8) is 0 Å². The molecule has 3 unspecified atom stereocenters. The summed E-state index contributed by atoms with van der Waals surface area (Å²) in [6.45, 7) is 7.51. The van der Waals surface area contributed by atoms with E-state index in [2.05, 4.69) is 24.1 Å². The van der Waals surface area contributed by atoms with Crippen LogP contribution in [-0.4, -0.2) is 47.5 Å². The van der Waals surface area contributed by atoms with E-state index in [4.69, 9.17) is 0 Å². The fourth-order valence-electron chi connectivity index (χ4n) is 2.75. The molecule has 2 aliphatic heterocycles. The molecule has 3 nitrogen and oxygen atoms in total. The first-order valence-corrected chi connectivity index (χ1v) is 7.85. The van der Waals surface area contributed by atoms with Crippen molar-refractivity contribution in [2.24, 2.45) is 5.92 Å². The van der Waals surface area contributed by atoms with Crippen LogP contribution < -0.4 is 5.32 Å². The summed E-state index contributed by atoms with van der Waals surface area (Å²) in [5.41, 5.74) is 0. The Morgan fingerprint density at radius 1 is 1.47 bits per heavy atom. The molecule has 0 aromatic rings. The van der Waals surface area contributed by atoms with Gasteiger partial charge in [0, 0.05) is 30.0 Å². The molecule has 2 rings (SSSR count). The summed E-state index contributed by atoms with van der Waals surface area (Å²) in [5, 5.41) is 3.97. The Hall–Kier alpha value is -0.220. The second-order valence-electron chi connectivity index (χ2n) is 5.32. The van der Waals surface area contributed by atoms with Gasteiger partial charge in [-0.15, -0.1) is 0 Å². The molecule has 1 amide bonds. The molecule has 0 aromatic heterocycles. The van der Waals surface area contributed by atoms with Crippen LogP contribution in [0.5, 0.6) is 0 Å². The van der Waals surface area contributed by atoms with E-state index in [1.165, 1.54) is 12.8 Å². The number of carbonyl (C=O) groups is 1. The fourth-order valence-corrected chi connectivity index (χ4v) is 3.85. The van der Waals surface area contributed by atoms with E-state index in [0.29, 0.717) is 23.1 Å². The van der Waals surface area contributed by atoms with Crippen LogP contribution in [0.25, 0.3) is 0 Å². The first-order valence-electron chi connectivity index (χ1n) is 6.80. The predicted molar refractivity (Wildman–Crippen MR) is 73.3 cm³/mol. The number of rotatable bonds is 2. The molecule has 98 valence electrons.